The lowest BCUT2D eigenvalue weighted by Gasteiger charge is -2.09. The fourth-order valence-electron chi connectivity index (χ4n) is 1.97. The van der Waals surface area contributed by atoms with Crippen molar-refractivity contribution in [2.75, 3.05) is 24.6 Å². The number of nitrogens with one attached hydrogen (secondary N) is 1. The molecule has 1 heterocycles. The first-order chi connectivity index (χ1) is 6.45. The molecule has 1 nitrogen and oxygen atoms in total. The van der Waals surface area contributed by atoms with E-state index in [1.807, 2.05) is 0 Å². The summed E-state index contributed by atoms with van der Waals surface area (Å²) >= 11 is 2.12. The molecule has 2 aliphatic rings. The molecule has 1 saturated carbocycles. The molecule has 13 heavy (non-hydrogen) atoms. The van der Waals surface area contributed by atoms with Gasteiger partial charge in [0.2, 0.25) is 0 Å². The van der Waals surface area contributed by atoms with Crippen molar-refractivity contribution in [1.29, 1.82) is 0 Å². The number of hydrogen-bond acceptors (Lipinski definition) is 2. The fourth-order valence-corrected chi connectivity index (χ4v) is 3.26. The summed E-state index contributed by atoms with van der Waals surface area (Å²) in [5, 5.41) is 3.60. The highest BCUT2D eigenvalue weighted by Crippen LogP contribution is 2.33. The first kappa shape index (κ1) is 9.85. The van der Waals surface area contributed by atoms with Crippen molar-refractivity contribution in [3.63, 3.8) is 0 Å². The lowest BCUT2D eigenvalue weighted by atomic mass is 10.1. The van der Waals surface area contributed by atoms with Gasteiger partial charge in [-0.1, -0.05) is 12.8 Å². The Morgan fingerprint density at radius 3 is 2.77 bits per heavy atom. The van der Waals surface area contributed by atoms with Crippen LogP contribution in [0.4, 0.5) is 0 Å². The predicted octanol–water partition coefficient (Wildman–Crippen LogP) is 2.52. The van der Waals surface area contributed by atoms with Crippen molar-refractivity contribution in [3.05, 3.63) is 0 Å². The van der Waals surface area contributed by atoms with E-state index in [0.717, 1.165) is 11.8 Å². The SMILES string of the molecule is C(CNCC1CCSC1)CC1CC1. The first-order valence-electron chi connectivity index (χ1n) is 5.73. The Hall–Kier alpha value is 0.310. The Morgan fingerprint density at radius 1 is 1.15 bits per heavy atom. The van der Waals surface area contributed by atoms with Gasteiger partial charge in [0.05, 0.1) is 0 Å². The third-order valence-corrected chi connectivity index (χ3v) is 4.35. The maximum absolute atomic E-state index is 3.60. The molecule has 1 saturated heterocycles. The van der Waals surface area contributed by atoms with Gasteiger partial charge in [-0.3, -0.25) is 0 Å². The van der Waals surface area contributed by atoms with Crippen LogP contribution in [0.25, 0.3) is 0 Å². The zero-order valence-electron chi connectivity index (χ0n) is 8.43. The van der Waals surface area contributed by atoms with E-state index in [9.17, 15) is 0 Å². The highest BCUT2D eigenvalue weighted by molar-refractivity contribution is 7.99. The van der Waals surface area contributed by atoms with Crippen LogP contribution in [0.15, 0.2) is 0 Å². The van der Waals surface area contributed by atoms with Crippen molar-refractivity contribution in [2.24, 2.45) is 11.8 Å². The van der Waals surface area contributed by atoms with Crippen LogP contribution in [0.5, 0.6) is 0 Å². The molecule has 76 valence electrons. The van der Waals surface area contributed by atoms with E-state index in [4.69, 9.17) is 0 Å². The minimum Gasteiger partial charge on any atom is -0.316 e. The summed E-state index contributed by atoms with van der Waals surface area (Å²) in [4.78, 5) is 0. The smallest absolute Gasteiger partial charge is 0.00123 e. The minimum absolute atomic E-state index is 0.978. The Morgan fingerprint density at radius 2 is 2.08 bits per heavy atom. The van der Waals surface area contributed by atoms with Crippen LogP contribution in [0, 0.1) is 11.8 Å². The molecule has 1 aliphatic carbocycles. The van der Waals surface area contributed by atoms with Crippen molar-refractivity contribution >= 4 is 11.8 Å². The zero-order chi connectivity index (χ0) is 8.93. The predicted molar refractivity (Wildman–Crippen MR) is 60.3 cm³/mol. The molecule has 1 aliphatic heterocycles. The molecule has 0 bridgehead atoms. The molecule has 1 atom stereocenters. The van der Waals surface area contributed by atoms with Crippen molar-refractivity contribution in [2.45, 2.75) is 32.1 Å². The summed E-state index contributed by atoms with van der Waals surface area (Å²) in [7, 11) is 0. The van der Waals surface area contributed by atoms with Crippen molar-refractivity contribution in [3.8, 4) is 0 Å². The number of hydrogen-bond donors (Lipinski definition) is 1. The van der Waals surface area contributed by atoms with Gasteiger partial charge in [-0.25, -0.2) is 0 Å². The van der Waals surface area contributed by atoms with Crippen LogP contribution in [-0.4, -0.2) is 24.6 Å². The van der Waals surface area contributed by atoms with Gasteiger partial charge in [0.25, 0.3) is 0 Å². The van der Waals surface area contributed by atoms with Crippen LogP contribution in [-0.2, 0) is 0 Å². The minimum atomic E-state index is 0.978. The highest BCUT2D eigenvalue weighted by atomic mass is 32.2. The molecule has 0 amide bonds. The van der Waals surface area contributed by atoms with E-state index >= 15 is 0 Å². The average Bonchev–Trinajstić information content (AvgIpc) is 2.81. The lowest BCUT2D eigenvalue weighted by Crippen LogP contribution is -2.23. The van der Waals surface area contributed by atoms with Crippen LogP contribution in [0.3, 0.4) is 0 Å². The Bertz CT molecular complexity index is 139. The van der Waals surface area contributed by atoms with E-state index in [0.29, 0.717) is 0 Å². The summed E-state index contributed by atoms with van der Waals surface area (Å²) in [6.45, 7) is 2.54. The summed E-state index contributed by atoms with van der Waals surface area (Å²) in [5.74, 6) is 4.89. The van der Waals surface area contributed by atoms with E-state index in [-0.39, 0.29) is 0 Å². The monoisotopic (exact) mass is 199 g/mol. The third kappa shape index (κ3) is 3.90. The Kier molecular flexibility index (Phi) is 3.98. The molecule has 2 fully saturated rings. The van der Waals surface area contributed by atoms with Crippen LogP contribution >= 0.6 is 11.8 Å². The van der Waals surface area contributed by atoms with Crippen LogP contribution in [0.2, 0.25) is 0 Å². The van der Waals surface area contributed by atoms with Gasteiger partial charge in [0, 0.05) is 0 Å². The second-order valence-electron chi connectivity index (χ2n) is 4.52. The average molecular weight is 199 g/mol. The van der Waals surface area contributed by atoms with Gasteiger partial charge in [0.1, 0.15) is 0 Å². The molecule has 0 spiro atoms. The van der Waals surface area contributed by atoms with E-state index < -0.39 is 0 Å². The number of rotatable bonds is 6. The third-order valence-electron chi connectivity index (χ3n) is 3.12. The molecule has 2 rings (SSSR count). The normalized spacial score (nSPS) is 28.2. The standard InChI is InChI=1S/C11H21NS/c1(2-10-3-4-10)6-12-8-11-5-7-13-9-11/h10-12H,1-9H2. The zero-order valence-corrected chi connectivity index (χ0v) is 9.24. The van der Waals surface area contributed by atoms with Gasteiger partial charge in [-0.15, -0.1) is 0 Å². The van der Waals surface area contributed by atoms with Gasteiger partial charge in [-0.2, -0.15) is 11.8 Å². The topological polar surface area (TPSA) is 12.0 Å². The van der Waals surface area contributed by atoms with Gasteiger partial charge in [-0.05, 0) is 55.7 Å². The summed E-state index contributed by atoms with van der Waals surface area (Å²) < 4.78 is 0. The molecule has 0 aromatic carbocycles. The molecule has 0 aromatic heterocycles. The maximum atomic E-state index is 3.60. The van der Waals surface area contributed by atoms with E-state index in [1.165, 1.54) is 56.7 Å². The van der Waals surface area contributed by atoms with E-state index in [1.54, 1.807) is 0 Å². The molecular formula is C11H21NS. The van der Waals surface area contributed by atoms with Gasteiger partial charge in [0.15, 0.2) is 0 Å². The molecule has 1 unspecified atom stereocenters. The highest BCUT2D eigenvalue weighted by Gasteiger charge is 2.20. The largest absolute Gasteiger partial charge is 0.316 e. The molecular weight excluding hydrogens is 178 g/mol. The molecule has 0 radical (unpaired) electrons. The van der Waals surface area contributed by atoms with Crippen LogP contribution < -0.4 is 5.32 Å². The van der Waals surface area contributed by atoms with Crippen molar-refractivity contribution < 1.29 is 0 Å². The first-order valence-corrected chi connectivity index (χ1v) is 6.89. The Labute approximate surface area is 86.0 Å². The Balaban J connectivity index is 1.39. The molecule has 0 aromatic rings. The summed E-state index contributed by atoms with van der Waals surface area (Å²) in [6.07, 6.45) is 7.36. The summed E-state index contributed by atoms with van der Waals surface area (Å²) in [5.41, 5.74) is 0. The van der Waals surface area contributed by atoms with Gasteiger partial charge < -0.3 is 5.32 Å². The van der Waals surface area contributed by atoms with E-state index in [2.05, 4.69) is 17.1 Å². The maximum Gasteiger partial charge on any atom is -0.00123 e. The fraction of sp³-hybridized carbons (Fsp3) is 1.00. The number of thioether (sulfide) groups is 1. The second kappa shape index (κ2) is 5.26. The van der Waals surface area contributed by atoms with Crippen LogP contribution in [0.1, 0.15) is 32.1 Å². The molecule has 1 N–H and O–H groups in total. The second-order valence-corrected chi connectivity index (χ2v) is 5.67. The quantitative estimate of drug-likeness (QED) is 0.660. The summed E-state index contributed by atoms with van der Waals surface area (Å²) in [6, 6.07) is 0. The van der Waals surface area contributed by atoms with Gasteiger partial charge >= 0.3 is 0 Å². The lowest BCUT2D eigenvalue weighted by molar-refractivity contribution is 0.506. The molecule has 2 heteroatoms. The van der Waals surface area contributed by atoms with Crippen molar-refractivity contribution in [1.82, 2.24) is 5.32 Å².